The molecule has 0 radical (unpaired) electrons. The Hall–Kier alpha value is -1.85. The van der Waals surface area contributed by atoms with Crippen LogP contribution in [0.3, 0.4) is 0 Å². The second-order valence-electron chi connectivity index (χ2n) is 4.83. The Balaban J connectivity index is 1.60. The lowest BCUT2D eigenvalue weighted by molar-refractivity contribution is 0.138. The second kappa shape index (κ2) is 6.74. The van der Waals surface area contributed by atoms with E-state index < -0.39 is 0 Å². The molecule has 1 fully saturated rings. The third-order valence-electron chi connectivity index (χ3n) is 3.20. The van der Waals surface area contributed by atoms with Crippen molar-refractivity contribution in [1.82, 2.24) is 9.97 Å². The molecular formula is C15H16ClN3O2. The SMILES string of the molecule is Clc1cc(NCc2ccnc(OC3CCOC3)c2)ccn1. The molecule has 0 amide bonds. The molecule has 1 aliphatic heterocycles. The number of hydrogen-bond donors (Lipinski definition) is 1. The topological polar surface area (TPSA) is 56.3 Å². The lowest BCUT2D eigenvalue weighted by Gasteiger charge is -2.12. The number of nitrogens with zero attached hydrogens (tertiary/aromatic N) is 2. The number of aromatic nitrogens is 2. The molecule has 3 heterocycles. The van der Waals surface area contributed by atoms with E-state index in [1.165, 1.54) is 0 Å². The average Bonchev–Trinajstić information content (AvgIpc) is 2.99. The van der Waals surface area contributed by atoms with Gasteiger partial charge >= 0.3 is 0 Å². The Labute approximate surface area is 128 Å². The lowest BCUT2D eigenvalue weighted by Crippen LogP contribution is -2.16. The Morgan fingerprint density at radius 2 is 2.19 bits per heavy atom. The molecule has 0 spiro atoms. The van der Waals surface area contributed by atoms with Crippen molar-refractivity contribution in [3.8, 4) is 5.88 Å². The zero-order chi connectivity index (χ0) is 14.5. The first-order chi connectivity index (χ1) is 10.3. The van der Waals surface area contributed by atoms with Gasteiger partial charge in [0.1, 0.15) is 11.3 Å². The average molecular weight is 306 g/mol. The number of nitrogens with one attached hydrogen (secondary N) is 1. The van der Waals surface area contributed by atoms with Crippen LogP contribution in [-0.4, -0.2) is 29.3 Å². The summed E-state index contributed by atoms with van der Waals surface area (Å²) in [5.74, 6) is 0.637. The zero-order valence-electron chi connectivity index (χ0n) is 11.5. The Bertz CT molecular complexity index is 603. The summed E-state index contributed by atoms with van der Waals surface area (Å²) in [5, 5.41) is 3.76. The molecule has 5 nitrogen and oxygen atoms in total. The molecule has 110 valence electrons. The molecule has 6 heteroatoms. The number of hydrogen-bond acceptors (Lipinski definition) is 5. The summed E-state index contributed by atoms with van der Waals surface area (Å²) in [4.78, 5) is 8.19. The minimum Gasteiger partial charge on any atom is -0.472 e. The molecule has 1 atom stereocenters. The maximum atomic E-state index is 5.85. The Kier molecular flexibility index (Phi) is 4.52. The number of ether oxygens (including phenoxy) is 2. The number of halogens is 1. The predicted molar refractivity (Wildman–Crippen MR) is 80.7 cm³/mol. The van der Waals surface area contributed by atoms with Crippen molar-refractivity contribution in [3.05, 3.63) is 47.4 Å². The minimum atomic E-state index is 0.111. The summed E-state index contributed by atoms with van der Waals surface area (Å²) in [5.41, 5.74) is 2.02. The molecule has 0 aliphatic carbocycles. The third kappa shape index (κ3) is 4.06. The van der Waals surface area contributed by atoms with E-state index >= 15 is 0 Å². The highest BCUT2D eigenvalue weighted by Gasteiger charge is 2.17. The van der Waals surface area contributed by atoms with E-state index in [0.717, 1.165) is 24.3 Å². The number of pyridine rings is 2. The highest BCUT2D eigenvalue weighted by molar-refractivity contribution is 6.29. The largest absolute Gasteiger partial charge is 0.472 e. The molecule has 0 bridgehead atoms. The van der Waals surface area contributed by atoms with Crippen LogP contribution in [0.2, 0.25) is 5.15 Å². The van der Waals surface area contributed by atoms with Crippen LogP contribution >= 0.6 is 11.6 Å². The molecule has 0 aromatic carbocycles. The van der Waals surface area contributed by atoms with E-state index in [1.54, 1.807) is 18.5 Å². The van der Waals surface area contributed by atoms with Crippen LogP contribution in [-0.2, 0) is 11.3 Å². The fourth-order valence-corrected chi connectivity index (χ4v) is 2.29. The van der Waals surface area contributed by atoms with Gasteiger partial charge in [-0.1, -0.05) is 11.6 Å². The second-order valence-corrected chi connectivity index (χ2v) is 5.21. The van der Waals surface area contributed by atoms with Gasteiger partial charge in [0.2, 0.25) is 5.88 Å². The zero-order valence-corrected chi connectivity index (χ0v) is 12.2. The van der Waals surface area contributed by atoms with Gasteiger partial charge in [0.15, 0.2) is 0 Å². The van der Waals surface area contributed by atoms with Crippen LogP contribution < -0.4 is 10.1 Å². The van der Waals surface area contributed by atoms with Crippen LogP contribution in [0.25, 0.3) is 0 Å². The van der Waals surface area contributed by atoms with Crippen LogP contribution in [0.1, 0.15) is 12.0 Å². The van der Waals surface area contributed by atoms with E-state index in [1.807, 2.05) is 18.2 Å². The maximum absolute atomic E-state index is 5.85. The smallest absolute Gasteiger partial charge is 0.213 e. The van der Waals surface area contributed by atoms with Crippen molar-refractivity contribution >= 4 is 17.3 Å². The number of rotatable bonds is 5. The van der Waals surface area contributed by atoms with Gasteiger partial charge in [-0.2, -0.15) is 0 Å². The summed E-state index contributed by atoms with van der Waals surface area (Å²) < 4.78 is 11.1. The lowest BCUT2D eigenvalue weighted by atomic mass is 10.2. The van der Waals surface area contributed by atoms with Gasteiger partial charge < -0.3 is 14.8 Å². The summed E-state index contributed by atoms with van der Waals surface area (Å²) in [6.45, 7) is 2.06. The normalized spacial score (nSPS) is 17.7. The van der Waals surface area contributed by atoms with Gasteiger partial charge in [0.25, 0.3) is 0 Å². The minimum absolute atomic E-state index is 0.111. The maximum Gasteiger partial charge on any atom is 0.213 e. The van der Waals surface area contributed by atoms with Crippen molar-refractivity contribution < 1.29 is 9.47 Å². The van der Waals surface area contributed by atoms with Crippen molar-refractivity contribution in [2.75, 3.05) is 18.5 Å². The highest BCUT2D eigenvalue weighted by Crippen LogP contribution is 2.17. The van der Waals surface area contributed by atoms with Gasteiger partial charge in [0, 0.05) is 37.1 Å². The molecule has 3 rings (SSSR count). The van der Waals surface area contributed by atoms with Crippen molar-refractivity contribution in [2.24, 2.45) is 0 Å². The van der Waals surface area contributed by atoms with Gasteiger partial charge in [-0.15, -0.1) is 0 Å². The molecule has 1 unspecified atom stereocenters. The van der Waals surface area contributed by atoms with Gasteiger partial charge in [-0.3, -0.25) is 0 Å². The van der Waals surface area contributed by atoms with Crippen molar-refractivity contribution in [1.29, 1.82) is 0 Å². The molecule has 2 aromatic rings. The molecule has 0 saturated carbocycles. The van der Waals surface area contributed by atoms with Gasteiger partial charge in [-0.25, -0.2) is 9.97 Å². The molecule has 21 heavy (non-hydrogen) atoms. The summed E-state index contributed by atoms with van der Waals surface area (Å²) in [6.07, 6.45) is 4.45. The summed E-state index contributed by atoms with van der Waals surface area (Å²) in [7, 11) is 0. The monoisotopic (exact) mass is 305 g/mol. The van der Waals surface area contributed by atoms with Crippen LogP contribution in [0.5, 0.6) is 5.88 Å². The van der Waals surface area contributed by atoms with E-state index in [0.29, 0.717) is 24.2 Å². The standard InChI is InChI=1S/C15H16ClN3O2/c16-14-8-12(2-5-17-14)19-9-11-1-4-18-15(7-11)21-13-3-6-20-10-13/h1-2,4-5,7-8,13H,3,6,9-10H2,(H,17,19). The molecule has 1 saturated heterocycles. The first-order valence-electron chi connectivity index (χ1n) is 6.84. The van der Waals surface area contributed by atoms with Gasteiger partial charge in [-0.05, 0) is 23.8 Å². The van der Waals surface area contributed by atoms with Crippen molar-refractivity contribution in [2.45, 2.75) is 19.1 Å². The molecule has 2 aromatic heterocycles. The Morgan fingerprint density at radius 3 is 3.00 bits per heavy atom. The quantitative estimate of drug-likeness (QED) is 0.861. The first-order valence-corrected chi connectivity index (χ1v) is 7.22. The van der Waals surface area contributed by atoms with E-state index in [-0.39, 0.29) is 6.10 Å². The Morgan fingerprint density at radius 1 is 1.29 bits per heavy atom. The van der Waals surface area contributed by atoms with Crippen LogP contribution in [0, 0.1) is 0 Å². The molecule has 1 aliphatic rings. The van der Waals surface area contributed by atoms with Gasteiger partial charge in [0.05, 0.1) is 13.2 Å². The van der Waals surface area contributed by atoms with Crippen LogP contribution in [0.4, 0.5) is 5.69 Å². The van der Waals surface area contributed by atoms with Crippen molar-refractivity contribution in [3.63, 3.8) is 0 Å². The fraction of sp³-hybridized carbons (Fsp3) is 0.333. The summed E-state index contributed by atoms with van der Waals surface area (Å²) in [6, 6.07) is 7.55. The molecular weight excluding hydrogens is 290 g/mol. The van der Waals surface area contributed by atoms with E-state index in [2.05, 4.69) is 15.3 Å². The molecule has 1 N–H and O–H groups in total. The van der Waals surface area contributed by atoms with E-state index in [9.17, 15) is 0 Å². The van der Waals surface area contributed by atoms with Crippen LogP contribution in [0.15, 0.2) is 36.7 Å². The first kappa shape index (κ1) is 14.1. The van der Waals surface area contributed by atoms with E-state index in [4.69, 9.17) is 21.1 Å². The summed E-state index contributed by atoms with van der Waals surface area (Å²) >= 11 is 5.85. The highest BCUT2D eigenvalue weighted by atomic mass is 35.5. The predicted octanol–water partition coefficient (Wildman–Crippen LogP) is 2.91. The third-order valence-corrected chi connectivity index (χ3v) is 3.40. The fourth-order valence-electron chi connectivity index (χ4n) is 2.12. The number of anilines is 1.